The van der Waals surface area contributed by atoms with Gasteiger partial charge in [0, 0.05) is 16.6 Å². The number of carbonyl (C=O) groups is 1. The number of hydrogen-bond acceptors (Lipinski definition) is 5. The maximum atomic E-state index is 12.3. The zero-order valence-electron chi connectivity index (χ0n) is 15.5. The number of rotatable bonds is 7. The molecule has 0 bridgehead atoms. The summed E-state index contributed by atoms with van der Waals surface area (Å²) in [4.78, 5) is 12.2. The number of nitrogens with two attached hydrogens (primary N) is 1. The summed E-state index contributed by atoms with van der Waals surface area (Å²) in [5.41, 5.74) is 0.993. The molecule has 29 heavy (non-hydrogen) atoms. The molecule has 0 spiro atoms. The van der Waals surface area contributed by atoms with Crippen molar-refractivity contribution in [2.45, 2.75) is 11.3 Å². The zero-order chi connectivity index (χ0) is 20.6. The molecule has 1 aliphatic heterocycles. The van der Waals surface area contributed by atoms with Crippen molar-refractivity contribution >= 4 is 33.2 Å². The summed E-state index contributed by atoms with van der Waals surface area (Å²) in [6.45, 7) is 1.88. The molecule has 1 aliphatic carbocycles. The number of carbonyl (C=O) groups excluding carboxylic acids is 1. The predicted octanol–water partition coefficient (Wildman–Crippen LogP) is 2.44. The second kappa shape index (κ2) is 7.95. The Balaban J connectivity index is 1.45. The molecular weight excluding hydrogens is 416 g/mol. The molecule has 0 radical (unpaired) electrons. The van der Waals surface area contributed by atoms with Crippen LogP contribution in [0, 0.1) is 17.8 Å². The van der Waals surface area contributed by atoms with Crippen LogP contribution in [0.2, 0.25) is 5.02 Å². The third-order valence-corrected chi connectivity index (χ3v) is 6.70. The molecule has 2 fully saturated rings. The summed E-state index contributed by atoms with van der Waals surface area (Å²) < 4.78 is 35.2. The van der Waals surface area contributed by atoms with Gasteiger partial charge in [0.05, 0.1) is 26.2 Å². The lowest BCUT2D eigenvalue weighted by atomic mass is 10.1. The number of sulfonamides is 1. The average Bonchev–Trinajstić information content (AvgIpc) is 3.08. The summed E-state index contributed by atoms with van der Waals surface area (Å²) in [6.07, 6.45) is 0.0646. The fourth-order valence-electron chi connectivity index (χ4n) is 3.74. The Bertz CT molecular complexity index is 1030. The van der Waals surface area contributed by atoms with Gasteiger partial charge in [-0.15, -0.1) is 0 Å². The van der Waals surface area contributed by atoms with Crippen LogP contribution in [-0.2, 0) is 26.0 Å². The van der Waals surface area contributed by atoms with Gasteiger partial charge in [-0.1, -0.05) is 29.8 Å². The van der Waals surface area contributed by atoms with Crippen molar-refractivity contribution < 1.29 is 22.7 Å². The number of anilines is 1. The molecule has 7 nitrogen and oxygen atoms in total. The second-order valence-electron chi connectivity index (χ2n) is 7.36. The SMILES string of the molecule is NS(=O)(=O)c1cc(NC(=O)Cc2ccccc2Cl)ccc1OCC1[C@H]2COC[C@@H]12. The van der Waals surface area contributed by atoms with Gasteiger partial charge in [0.1, 0.15) is 10.6 Å². The summed E-state index contributed by atoms with van der Waals surface area (Å²) in [5, 5.41) is 8.53. The highest BCUT2D eigenvalue weighted by atomic mass is 35.5. The molecule has 3 N–H and O–H groups in total. The smallest absolute Gasteiger partial charge is 0.241 e. The van der Waals surface area contributed by atoms with Gasteiger partial charge in [-0.05, 0) is 41.7 Å². The first-order valence-electron chi connectivity index (χ1n) is 9.23. The van der Waals surface area contributed by atoms with Crippen LogP contribution in [-0.4, -0.2) is 34.1 Å². The van der Waals surface area contributed by atoms with Crippen LogP contribution in [0.5, 0.6) is 5.75 Å². The number of benzene rings is 2. The first kappa shape index (κ1) is 20.2. The van der Waals surface area contributed by atoms with Crippen molar-refractivity contribution in [2.24, 2.45) is 22.9 Å². The Morgan fingerprint density at radius 3 is 2.62 bits per heavy atom. The normalized spacial score (nSPS) is 22.8. The number of fused-ring (bicyclic) bond motifs is 1. The topological polar surface area (TPSA) is 108 Å². The van der Waals surface area contributed by atoms with Gasteiger partial charge in [0.2, 0.25) is 15.9 Å². The summed E-state index contributed by atoms with van der Waals surface area (Å²) in [6, 6.07) is 11.4. The predicted molar refractivity (Wildman–Crippen MR) is 108 cm³/mol. The highest BCUT2D eigenvalue weighted by Crippen LogP contribution is 2.50. The molecule has 154 valence electrons. The van der Waals surface area contributed by atoms with Crippen LogP contribution in [0.25, 0.3) is 0 Å². The third-order valence-electron chi connectivity index (χ3n) is 5.40. The van der Waals surface area contributed by atoms with E-state index in [1.165, 1.54) is 12.1 Å². The minimum absolute atomic E-state index is 0.0646. The van der Waals surface area contributed by atoms with Gasteiger partial charge in [0.15, 0.2) is 0 Å². The first-order valence-corrected chi connectivity index (χ1v) is 11.2. The van der Waals surface area contributed by atoms with E-state index in [2.05, 4.69) is 5.32 Å². The lowest BCUT2D eigenvalue weighted by Crippen LogP contribution is -2.18. The molecule has 9 heteroatoms. The largest absolute Gasteiger partial charge is 0.492 e. The Hall–Kier alpha value is -2.13. The van der Waals surface area contributed by atoms with Crippen molar-refractivity contribution in [3.8, 4) is 5.75 Å². The molecule has 4 rings (SSSR count). The van der Waals surface area contributed by atoms with Gasteiger partial charge in [-0.2, -0.15) is 0 Å². The molecule has 1 amide bonds. The van der Waals surface area contributed by atoms with Crippen molar-refractivity contribution in [2.75, 3.05) is 25.1 Å². The standard InChI is InChI=1S/C20H21ClN2O5S/c21-17-4-2-1-3-12(17)7-20(24)23-13-5-6-18(19(8-13)29(22,25)26)28-11-16-14-9-27-10-15(14)16/h1-6,8,14-16H,7,9-11H2,(H,23,24)(H2,22,25,26)/t14-,15+,16?. The van der Waals surface area contributed by atoms with Crippen LogP contribution in [0.1, 0.15) is 5.56 Å². The van der Waals surface area contributed by atoms with Crippen LogP contribution in [0.3, 0.4) is 0 Å². The molecule has 2 aromatic rings. The number of ether oxygens (including phenoxy) is 2. The summed E-state index contributed by atoms with van der Waals surface area (Å²) >= 11 is 6.08. The fraction of sp³-hybridized carbons (Fsp3) is 0.350. The van der Waals surface area contributed by atoms with Crippen molar-refractivity contribution in [3.05, 3.63) is 53.1 Å². The molecule has 1 saturated heterocycles. The van der Waals surface area contributed by atoms with Crippen molar-refractivity contribution in [3.63, 3.8) is 0 Å². The minimum Gasteiger partial charge on any atom is -0.492 e. The number of primary sulfonamides is 1. The van der Waals surface area contributed by atoms with E-state index in [0.29, 0.717) is 40.6 Å². The second-order valence-corrected chi connectivity index (χ2v) is 9.30. The van der Waals surface area contributed by atoms with Crippen LogP contribution in [0.4, 0.5) is 5.69 Å². The van der Waals surface area contributed by atoms with E-state index in [1.807, 2.05) is 0 Å². The number of nitrogens with one attached hydrogen (secondary N) is 1. The van der Waals surface area contributed by atoms with E-state index >= 15 is 0 Å². The minimum atomic E-state index is -4.03. The summed E-state index contributed by atoms with van der Waals surface area (Å²) in [7, 11) is -4.03. The maximum absolute atomic E-state index is 12.3. The number of halogens is 1. The van der Waals surface area contributed by atoms with Crippen LogP contribution < -0.4 is 15.2 Å². The lowest BCUT2D eigenvalue weighted by molar-refractivity contribution is -0.115. The molecule has 1 saturated carbocycles. The molecule has 1 heterocycles. The van der Waals surface area contributed by atoms with Gasteiger partial charge in [-0.3, -0.25) is 4.79 Å². The highest BCUT2D eigenvalue weighted by Gasteiger charge is 2.54. The molecule has 1 unspecified atom stereocenters. The van der Waals surface area contributed by atoms with Crippen LogP contribution >= 0.6 is 11.6 Å². The van der Waals surface area contributed by atoms with E-state index in [0.717, 1.165) is 13.2 Å². The molecule has 2 aliphatic rings. The molecule has 0 aromatic heterocycles. The molecule has 3 atom stereocenters. The van der Waals surface area contributed by atoms with E-state index in [1.54, 1.807) is 30.3 Å². The van der Waals surface area contributed by atoms with E-state index in [-0.39, 0.29) is 23.0 Å². The summed E-state index contributed by atoms with van der Waals surface area (Å²) in [5.74, 6) is 1.24. The Kier molecular flexibility index (Phi) is 5.52. The Morgan fingerprint density at radius 2 is 1.93 bits per heavy atom. The third kappa shape index (κ3) is 4.56. The highest BCUT2D eigenvalue weighted by molar-refractivity contribution is 7.89. The zero-order valence-corrected chi connectivity index (χ0v) is 17.1. The van der Waals surface area contributed by atoms with Gasteiger partial charge < -0.3 is 14.8 Å². The molecule has 2 aromatic carbocycles. The van der Waals surface area contributed by atoms with Crippen molar-refractivity contribution in [1.29, 1.82) is 0 Å². The fourth-order valence-corrected chi connectivity index (χ4v) is 4.64. The lowest BCUT2D eigenvalue weighted by Gasteiger charge is -2.13. The van der Waals surface area contributed by atoms with Crippen LogP contribution in [0.15, 0.2) is 47.4 Å². The monoisotopic (exact) mass is 436 g/mol. The van der Waals surface area contributed by atoms with E-state index in [4.69, 9.17) is 26.2 Å². The van der Waals surface area contributed by atoms with Gasteiger partial charge in [-0.25, -0.2) is 13.6 Å². The average molecular weight is 437 g/mol. The molecular formula is C20H21ClN2O5S. The number of hydrogen-bond donors (Lipinski definition) is 2. The number of amides is 1. The Morgan fingerprint density at radius 1 is 1.21 bits per heavy atom. The maximum Gasteiger partial charge on any atom is 0.241 e. The Labute approximate surface area is 174 Å². The van der Waals surface area contributed by atoms with Gasteiger partial charge in [0.25, 0.3) is 0 Å². The van der Waals surface area contributed by atoms with Gasteiger partial charge >= 0.3 is 0 Å². The van der Waals surface area contributed by atoms with E-state index < -0.39 is 10.0 Å². The first-order chi connectivity index (χ1) is 13.8. The van der Waals surface area contributed by atoms with E-state index in [9.17, 15) is 13.2 Å². The quantitative estimate of drug-likeness (QED) is 0.693. The van der Waals surface area contributed by atoms with Crippen molar-refractivity contribution in [1.82, 2.24) is 0 Å².